The molecule has 0 aliphatic heterocycles. The molecule has 0 aliphatic rings. The smallest absolute Gasteiger partial charge is 0.0700 e. The van der Waals surface area contributed by atoms with Gasteiger partial charge in [-0.2, -0.15) is 0 Å². The maximum absolute atomic E-state index is 5.56. The monoisotopic (exact) mass is 279 g/mol. The average molecular weight is 279 g/mol. The number of rotatable bonds is 8. The fourth-order valence-electron chi connectivity index (χ4n) is 2.19. The van der Waals surface area contributed by atoms with Gasteiger partial charge in [0.2, 0.25) is 0 Å². The van der Waals surface area contributed by atoms with Crippen molar-refractivity contribution in [2.24, 2.45) is 0 Å². The SMILES string of the molecule is CNC(CCOCCOC)c1cccc2ccsc12. The highest BCUT2D eigenvalue weighted by Gasteiger charge is 2.12. The number of methoxy groups -OCH3 is 1. The van der Waals surface area contributed by atoms with Gasteiger partial charge in [0.25, 0.3) is 0 Å². The van der Waals surface area contributed by atoms with Crippen LogP contribution in [0.4, 0.5) is 0 Å². The fraction of sp³-hybridized carbons (Fsp3) is 0.467. The normalized spacial score (nSPS) is 12.9. The molecule has 0 saturated carbocycles. The Morgan fingerprint density at radius 1 is 1.21 bits per heavy atom. The van der Waals surface area contributed by atoms with E-state index in [4.69, 9.17) is 9.47 Å². The van der Waals surface area contributed by atoms with E-state index in [1.807, 2.05) is 7.05 Å². The van der Waals surface area contributed by atoms with Crippen molar-refractivity contribution in [2.45, 2.75) is 12.5 Å². The average Bonchev–Trinajstić information content (AvgIpc) is 2.91. The Labute approximate surface area is 118 Å². The molecule has 3 nitrogen and oxygen atoms in total. The molecule has 1 N–H and O–H groups in total. The van der Waals surface area contributed by atoms with Crippen LogP contribution in [0.15, 0.2) is 29.6 Å². The predicted molar refractivity (Wildman–Crippen MR) is 80.9 cm³/mol. The van der Waals surface area contributed by atoms with Gasteiger partial charge in [0.05, 0.1) is 13.2 Å². The molecule has 4 heteroatoms. The van der Waals surface area contributed by atoms with Gasteiger partial charge in [0, 0.05) is 24.5 Å². The van der Waals surface area contributed by atoms with Crippen molar-refractivity contribution in [3.63, 3.8) is 0 Å². The first-order valence-electron chi connectivity index (χ1n) is 6.57. The van der Waals surface area contributed by atoms with Crippen molar-refractivity contribution < 1.29 is 9.47 Å². The summed E-state index contributed by atoms with van der Waals surface area (Å²) in [6, 6.07) is 9.00. The first-order chi connectivity index (χ1) is 9.36. The van der Waals surface area contributed by atoms with E-state index in [0.29, 0.717) is 19.3 Å². The first-order valence-corrected chi connectivity index (χ1v) is 7.45. The van der Waals surface area contributed by atoms with Crippen LogP contribution >= 0.6 is 11.3 Å². The number of hydrogen-bond acceptors (Lipinski definition) is 4. The third-order valence-corrected chi connectivity index (χ3v) is 4.20. The fourth-order valence-corrected chi connectivity index (χ4v) is 3.16. The van der Waals surface area contributed by atoms with E-state index in [2.05, 4.69) is 35.0 Å². The molecule has 0 aliphatic carbocycles. The summed E-state index contributed by atoms with van der Waals surface area (Å²) < 4.78 is 11.9. The van der Waals surface area contributed by atoms with Crippen LogP contribution in [0, 0.1) is 0 Å². The summed E-state index contributed by atoms with van der Waals surface area (Å²) in [4.78, 5) is 0. The molecule has 2 aromatic rings. The molecule has 0 amide bonds. The van der Waals surface area contributed by atoms with E-state index in [9.17, 15) is 0 Å². The molecule has 19 heavy (non-hydrogen) atoms. The van der Waals surface area contributed by atoms with Gasteiger partial charge in [-0.05, 0) is 35.9 Å². The third-order valence-electron chi connectivity index (χ3n) is 3.22. The Morgan fingerprint density at radius 2 is 2.11 bits per heavy atom. The Balaban J connectivity index is 1.99. The second-order valence-electron chi connectivity index (χ2n) is 4.42. The molecule has 1 heterocycles. The summed E-state index contributed by atoms with van der Waals surface area (Å²) in [7, 11) is 3.70. The van der Waals surface area contributed by atoms with Crippen molar-refractivity contribution in [3.8, 4) is 0 Å². The molecule has 0 bridgehead atoms. The lowest BCUT2D eigenvalue weighted by atomic mass is 10.0. The van der Waals surface area contributed by atoms with Crippen molar-refractivity contribution in [1.82, 2.24) is 5.32 Å². The quantitative estimate of drug-likeness (QED) is 0.753. The maximum atomic E-state index is 5.56. The molecule has 0 saturated heterocycles. The lowest BCUT2D eigenvalue weighted by Crippen LogP contribution is -2.19. The zero-order valence-electron chi connectivity index (χ0n) is 11.5. The Kier molecular flexibility index (Phi) is 5.79. The molecule has 0 radical (unpaired) electrons. The summed E-state index contributed by atoms with van der Waals surface area (Å²) in [5, 5.41) is 6.86. The van der Waals surface area contributed by atoms with Gasteiger partial charge in [-0.15, -0.1) is 11.3 Å². The van der Waals surface area contributed by atoms with Crippen LogP contribution in [0.2, 0.25) is 0 Å². The minimum Gasteiger partial charge on any atom is -0.382 e. The second kappa shape index (κ2) is 7.60. The first kappa shape index (κ1) is 14.5. The Bertz CT molecular complexity index is 498. The van der Waals surface area contributed by atoms with Crippen LogP contribution in [0.1, 0.15) is 18.0 Å². The number of nitrogens with one attached hydrogen (secondary N) is 1. The Hall–Kier alpha value is -0.940. The molecule has 0 fully saturated rings. The molecule has 104 valence electrons. The van der Waals surface area contributed by atoms with E-state index in [1.165, 1.54) is 15.6 Å². The van der Waals surface area contributed by atoms with Gasteiger partial charge in [0.1, 0.15) is 0 Å². The summed E-state index contributed by atoms with van der Waals surface area (Å²) in [6.07, 6.45) is 0.969. The minimum absolute atomic E-state index is 0.338. The topological polar surface area (TPSA) is 30.5 Å². The van der Waals surface area contributed by atoms with Crippen LogP contribution in [-0.2, 0) is 9.47 Å². The number of ether oxygens (including phenoxy) is 2. The molecule has 1 unspecified atom stereocenters. The van der Waals surface area contributed by atoms with Gasteiger partial charge >= 0.3 is 0 Å². The summed E-state index contributed by atoms with van der Waals surface area (Å²) >= 11 is 1.80. The van der Waals surface area contributed by atoms with E-state index in [0.717, 1.165) is 13.0 Å². The molecule has 1 aromatic heterocycles. The number of benzene rings is 1. The summed E-state index contributed by atoms with van der Waals surface area (Å²) in [5.41, 5.74) is 1.37. The number of thiophene rings is 1. The van der Waals surface area contributed by atoms with Crippen molar-refractivity contribution in [1.29, 1.82) is 0 Å². The standard InChI is InChI=1S/C15H21NO2S/c1-16-14(6-8-18-10-9-17-2)13-5-3-4-12-7-11-19-15(12)13/h3-5,7,11,14,16H,6,8-10H2,1-2H3. The predicted octanol–water partition coefficient (Wildman–Crippen LogP) is 3.21. The van der Waals surface area contributed by atoms with E-state index >= 15 is 0 Å². The van der Waals surface area contributed by atoms with Gasteiger partial charge in [-0.25, -0.2) is 0 Å². The molecule has 0 spiro atoms. The zero-order chi connectivity index (χ0) is 13.5. The van der Waals surface area contributed by atoms with Gasteiger partial charge < -0.3 is 14.8 Å². The van der Waals surface area contributed by atoms with Crippen LogP contribution < -0.4 is 5.32 Å². The lowest BCUT2D eigenvalue weighted by Gasteiger charge is -2.17. The van der Waals surface area contributed by atoms with Crippen molar-refractivity contribution in [3.05, 3.63) is 35.2 Å². The number of hydrogen-bond donors (Lipinski definition) is 1. The van der Waals surface area contributed by atoms with Crippen LogP contribution in [0.25, 0.3) is 10.1 Å². The Morgan fingerprint density at radius 3 is 2.89 bits per heavy atom. The van der Waals surface area contributed by atoms with Crippen molar-refractivity contribution >= 4 is 21.4 Å². The van der Waals surface area contributed by atoms with E-state index in [-0.39, 0.29) is 0 Å². The van der Waals surface area contributed by atoms with Gasteiger partial charge in [0.15, 0.2) is 0 Å². The van der Waals surface area contributed by atoms with E-state index < -0.39 is 0 Å². The zero-order valence-corrected chi connectivity index (χ0v) is 12.3. The highest BCUT2D eigenvalue weighted by atomic mass is 32.1. The largest absolute Gasteiger partial charge is 0.382 e. The van der Waals surface area contributed by atoms with Crippen LogP contribution in [0.5, 0.6) is 0 Å². The highest BCUT2D eigenvalue weighted by Crippen LogP contribution is 2.30. The third kappa shape index (κ3) is 3.76. The molecular weight excluding hydrogens is 258 g/mol. The maximum Gasteiger partial charge on any atom is 0.0700 e. The van der Waals surface area contributed by atoms with Crippen molar-refractivity contribution in [2.75, 3.05) is 34.0 Å². The van der Waals surface area contributed by atoms with Crippen LogP contribution in [-0.4, -0.2) is 34.0 Å². The second-order valence-corrected chi connectivity index (χ2v) is 5.34. The minimum atomic E-state index is 0.338. The molecule has 1 atom stereocenters. The summed E-state index contributed by atoms with van der Waals surface area (Å²) in [5.74, 6) is 0. The van der Waals surface area contributed by atoms with Gasteiger partial charge in [-0.1, -0.05) is 18.2 Å². The molecule has 2 rings (SSSR count). The van der Waals surface area contributed by atoms with Crippen LogP contribution in [0.3, 0.4) is 0 Å². The lowest BCUT2D eigenvalue weighted by molar-refractivity contribution is 0.0661. The van der Waals surface area contributed by atoms with E-state index in [1.54, 1.807) is 18.4 Å². The molecular formula is C15H21NO2S. The number of fused-ring (bicyclic) bond motifs is 1. The molecule has 1 aromatic carbocycles. The highest BCUT2D eigenvalue weighted by molar-refractivity contribution is 7.17. The van der Waals surface area contributed by atoms with Gasteiger partial charge in [-0.3, -0.25) is 0 Å². The summed E-state index contributed by atoms with van der Waals surface area (Å²) in [6.45, 7) is 2.07.